The third-order valence-electron chi connectivity index (χ3n) is 3.71. The average Bonchev–Trinajstić information content (AvgIpc) is 3.02. The van der Waals surface area contributed by atoms with Crippen molar-refractivity contribution in [3.05, 3.63) is 47.8 Å². The lowest BCUT2D eigenvalue weighted by Gasteiger charge is -1.99. The first-order valence-electron chi connectivity index (χ1n) is 6.19. The van der Waals surface area contributed by atoms with Crippen molar-refractivity contribution >= 4 is 32.5 Å². The Morgan fingerprint density at radius 3 is 2.32 bits per heavy atom. The summed E-state index contributed by atoms with van der Waals surface area (Å²) in [6, 6.07) is 14.8. The number of hydrogen-bond donors (Lipinski definition) is 0. The van der Waals surface area contributed by atoms with E-state index in [1.807, 2.05) is 11.4 Å². The molecule has 0 saturated carbocycles. The number of benzene rings is 2. The van der Waals surface area contributed by atoms with Gasteiger partial charge < -0.3 is 0 Å². The zero-order valence-electron chi connectivity index (χ0n) is 9.92. The lowest BCUT2D eigenvalue weighted by Crippen LogP contribution is -1.86. The summed E-state index contributed by atoms with van der Waals surface area (Å²) in [5.41, 5.74) is 5.47. The minimum absolute atomic E-state index is 0.994. The molecule has 19 heavy (non-hydrogen) atoms. The van der Waals surface area contributed by atoms with Gasteiger partial charge in [0.2, 0.25) is 0 Å². The Labute approximate surface area is 113 Å². The molecule has 0 unspecified atom stereocenters. The first-order chi connectivity index (χ1) is 9.42. The van der Waals surface area contributed by atoms with Crippen molar-refractivity contribution in [2.75, 3.05) is 0 Å². The highest BCUT2D eigenvalue weighted by atomic mass is 32.1. The molecule has 0 bridgehead atoms. The van der Waals surface area contributed by atoms with Gasteiger partial charge in [0, 0.05) is 16.5 Å². The molecule has 3 heteroatoms. The van der Waals surface area contributed by atoms with Gasteiger partial charge in [0.05, 0.1) is 11.4 Å². The van der Waals surface area contributed by atoms with Crippen LogP contribution in [-0.4, -0.2) is 9.97 Å². The largest absolute Gasteiger partial charge is 0.243 e. The summed E-state index contributed by atoms with van der Waals surface area (Å²) in [4.78, 5) is 10.6. The number of aromatic nitrogens is 2. The van der Waals surface area contributed by atoms with Crippen LogP contribution in [0.2, 0.25) is 0 Å². The Bertz CT molecular complexity index is 896. The van der Waals surface area contributed by atoms with Gasteiger partial charge in [0.1, 0.15) is 10.3 Å². The van der Waals surface area contributed by atoms with Crippen LogP contribution >= 0.6 is 11.3 Å². The van der Waals surface area contributed by atoms with E-state index >= 15 is 0 Å². The number of thiophene rings is 1. The summed E-state index contributed by atoms with van der Waals surface area (Å²) in [6.07, 6.45) is 0. The summed E-state index contributed by atoms with van der Waals surface area (Å²) in [5, 5.41) is 4.60. The van der Waals surface area contributed by atoms with E-state index in [2.05, 4.69) is 36.4 Å². The van der Waals surface area contributed by atoms with E-state index in [-0.39, 0.29) is 0 Å². The van der Waals surface area contributed by atoms with E-state index in [1.54, 1.807) is 11.3 Å². The smallest absolute Gasteiger partial charge is 0.142 e. The van der Waals surface area contributed by atoms with Crippen LogP contribution in [0.5, 0.6) is 0 Å². The number of rotatable bonds is 0. The Morgan fingerprint density at radius 2 is 1.53 bits per heavy atom. The summed E-state index contributed by atoms with van der Waals surface area (Å²) in [5.74, 6) is 0. The topological polar surface area (TPSA) is 25.8 Å². The molecular formula is C16H8N2S. The molecule has 0 fully saturated rings. The van der Waals surface area contributed by atoms with E-state index in [0.29, 0.717) is 0 Å². The number of nitrogens with zero attached hydrogens (tertiary/aromatic N) is 2. The highest BCUT2D eigenvalue weighted by Crippen LogP contribution is 2.45. The Balaban J connectivity index is 2.05. The predicted molar refractivity (Wildman–Crippen MR) is 79.4 cm³/mol. The van der Waals surface area contributed by atoms with Crippen LogP contribution in [0.25, 0.3) is 43.6 Å². The summed E-state index contributed by atoms with van der Waals surface area (Å²) >= 11 is 1.65. The van der Waals surface area contributed by atoms with Crippen molar-refractivity contribution in [3.8, 4) is 22.5 Å². The fourth-order valence-corrected chi connectivity index (χ4v) is 3.61. The van der Waals surface area contributed by atoms with Crippen LogP contribution in [0.4, 0.5) is 0 Å². The zero-order valence-corrected chi connectivity index (χ0v) is 10.7. The Morgan fingerprint density at radius 1 is 0.789 bits per heavy atom. The van der Waals surface area contributed by atoms with Gasteiger partial charge in [-0.05, 0) is 16.8 Å². The fourth-order valence-electron chi connectivity index (χ4n) is 2.90. The molecule has 0 amide bonds. The molecule has 2 aromatic carbocycles. The highest BCUT2D eigenvalue weighted by Gasteiger charge is 2.24. The molecule has 0 atom stereocenters. The molecule has 2 nitrogen and oxygen atoms in total. The highest BCUT2D eigenvalue weighted by molar-refractivity contribution is 7.16. The average molecular weight is 260 g/mol. The molecule has 5 rings (SSSR count). The van der Waals surface area contributed by atoms with E-state index < -0.39 is 0 Å². The van der Waals surface area contributed by atoms with Crippen molar-refractivity contribution in [3.63, 3.8) is 0 Å². The van der Waals surface area contributed by atoms with Gasteiger partial charge in [-0.3, -0.25) is 0 Å². The molecule has 1 aliphatic rings. The lowest BCUT2D eigenvalue weighted by molar-refractivity contribution is 1.34. The first-order valence-corrected chi connectivity index (χ1v) is 7.07. The quantitative estimate of drug-likeness (QED) is 0.410. The summed E-state index contributed by atoms with van der Waals surface area (Å²) < 4.78 is 0. The molecule has 0 aliphatic heterocycles. The van der Waals surface area contributed by atoms with Gasteiger partial charge in [-0.25, -0.2) is 9.97 Å². The third kappa shape index (κ3) is 1.11. The summed E-state index contributed by atoms with van der Waals surface area (Å²) in [6.45, 7) is 0. The Kier molecular flexibility index (Phi) is 1.62. The molecule has 0 spiro atoms. The van der Waals surface area contributed by atoms with E-state index in [4.69, 9.17) is 9.97 Å². The molecule has 4 aromatic rings. The van der Waals surface area contributed by atoms with Gasteiger partial charge in [-0.15, -0.1) is 11.3 Å². The maximum absolute atomic E-state index is 4.81. The molecule has 0 radical (unpaired) electrons. The van der Waals surface area contributed by atoms with Gasteiger partial charge >= 0.3 is 0 Å². The van der Waals surface area contributed by atoms with Gasteiger partial charge in [0.15, 0.2) is 0 Å². The number of fused-ring (bicyclic) bond motifs is 4. The minimum atomic E-state index is 0.994. The normalized spacial score (nSPS) is 12.2. The van der Waals surface area contributed by atoms with Crippen LogP contribution < -0.4 is 0 Å². The molecule has 88 valence electrons. The zero-order chi connectivity index (χ0) is 12.4. The van der Waals surface area contributed by atoms with Crippen LogP contribution in [0.1, 0.15) is 0 Å². The van der Waals surface area contributed by atoms with Crippen molar-refractivity contribution in [2.45, 2.75) is 0 Å². The minimum Gasteiger partial charge on any atom is -0.243 e. The van der Waals surface area contributed by atoms with Crippen molar-refractivity contribution in [2.24, 2.45) is 0 Å². The van der Waals surface area contributed by atoms with Crippen LogP contribution in [0.3, 0.4) is 0 Å². The Hall–Kier alpha value is -2.26. The monoisotopic (exact) mass is 260 g/mol. The fraction of sp³-hybridized carbons (Fsp3) is 0. The lowest BCUT2D eigenvalue weighted by atomic mass is 10.0. The maximum atomic E-state index is 4.81. The second-order valence-electron chi connectivity index (χ2n) is 4.74. The molecule has 2 aromatic heterocycles. The van der Waals surface area contributed by atoms with Crippen LogP contribution in [-0.2, 0) is 0 Å². The van der Waals surface area contributed by atoms with Gasteiger partial charge in [0.25, 0.3) is 0 Å². The molecule has 0 saturated heterocycles. The second-order valence-corrected chi connectivity index (χ2v) is 5.64. The number of hydrogen-bond acceptors (Lipinski definition) is 3. The molecule has 2 heterocycles. The first kappa shape index (κ1) is 9.64. The third-order valence-corrected chi connectivity index (χ3v) is 4.51. The van der Waals surface area contributed by atoms with Gasteiger partial charge in [-0.2, -0.15) is 0 Å². The van der Waals surface area contributed by atoms with E-state index in [0.717, 1.165) is 21.7 Å². The van der Waals surface area contributed by atoms with Gasteiger partial charge in [-0.1, -0.05) is 36.4 Å². The van der Waals surface area contributed by atoms with E-state index in [1.165, 1.54) is 21.9 Å². The van der Waals surface area contributed by atoms with Crippen LogP contribution in [0.15, 0.2) is 47.8 Å². The molecule has 1 aliphatic carbocycles. The predicted octanol–water partition coefficient (Wildman–Crippen LogP) is 4.49. The van der Waals surface area contributed by atoms with E-state index in [9.17, 15) is 0 Å². The SMILES string of the molecule is c1cc2c3c(cccc3c1)-c1nc3sccc3nc1-2. The maximum Gasteiger partial charge on any atom is 0.142 e. The molecular weight excluding hydrogens is 252 g/mol. The van der Waals surface area contributed by atoms with Crippen LogP contribution in [0, 0.1) is 0 Å². The standard InChI is InChI=1S/C16H8N2S/c1-3-9-4-2-6-11-13(9)10(5-1)14-15(11)18-16-12(17-14)7-8-19-16/h1-8H. The second kappa shape index (κ2) is 3.19. The summed E-state index contributed by atoms with van der Waals surface area (Å²) in [7, 11) is 0. The van der Waals surface area contributed by atoms with Crippen molar-refractivity contribution < 1.29 is 0 Å². The van der Waals surface area contributed by atoms with Crippen molar-refractivity contribution in [1.82, 2.24) is 9.97 Å². The molecule has 0 N–H and O–H groups in total. The van der Waals surface area contributed by atoms with Crippen molar-refractivity contribution in [1.29, 1.82) is 0 Å².